The standard InChI is InChI=1S/C27H25ClN4O2S3/c1-18-29-21(17-35-18)16-31(2)15-20-14-25(32(30-20)24-10-5-4-9-23(24)28)27-12-11-26(36-27)19-7-6-8-22(13-19)37(3,33)34/h4-14,17H,15-16H2,1-3H3. The number of benzene rings is 2. The van der Waals surface area contributed by atoms with Gasteiger partial charge in [-0.2, -0.15) is 5.10 Å². The van der Waals surface area contributed by atoms with Crippen LogP contribution in [0, 0.1) is 6.92 Å². The lowest BCUT2D eigenvalue weighted by Gasteiger charge is -2.13. The Morgan fingerprint density at radius 2 is 1.73 bits per heavy atom. The van der Waals surface area contributed by atoms with E-state index in [9.17, 15) is 8.42 Å². The highest BCUT2D eigenvalue weighted by Gasteiger charge is 2.18. The summed E-state index contributed by atoms with van der Waals surface area (Å²) in [6.45, 7) is 3.40. The van der Waals surface area contributed by atoms with Crippen LogP contribution < -0.4 is 0 Å². The molecule has 0 aliphatic rings. The zero-order chi connectivity index (χ0) is 26.2. The van der Waals surface area contributed by atoms with Crippen molar-refractivity contribution in [3.8, 4) is 26.7 Å². The minimum absolute atomic E-state index is 0.307. The van der Waals surface area contributed by atoms with Gasteiger partial charge in [0, 0.05) is 29.6 Å². The van der Waals surface area contributed by atoms with Gasteiger partial charge in [0.2, 0.25) is 0 Å². The fourth-order valence-electron chi connectivity index (χ4n) is 4.09. The average molecular weight is 569 g/mol. The molecular formula is C27H25ClN4O2S3. The lowest BCUT2D eigenvalue weighted by atomic mass is 10.2. The van der Waals surface area contributed by atoms with Gasteiger partial charge in [0.15, 0.2) is 9.84 Å². The van der Waals surface area contributed by atoms with Gasteiger partial charge >= 0.3 is 0 Å². The van der Waals surface area contributed by atoms with Gasteiger partial charge in [0.25, 0.3) is 0 Å². The molecule has 0 N–H and O–H groups in total. The first-order valence-electron chi connectivity index (χ1n) is 11.5. The Balaban J connectivity index is 1.50. The molecule has 2 aromatic carbocycles. The summed E-state index contributed by atoms with van der Waals surface area (Å²) in [5.41, 5.74) is 4.56. The Morgan fingerprint density at radius 1 is 0.973 bits per heavy atom. The normalized spacial score (nSPS) is 11.9. The van der Waals surface area contributed by atoms with E-state index in [0.29, 0.717) is 16.5 Å². The third-order valence-electron chi connectivity index (χ3n) is 5.78. The lowest BCUT2D eigenvalue weighted by Crippen LogP contribution is -2.18. The third kappa shape index (κ3) is 5.86. The van der Waals surface area contributed by atoms with Crippen molar-refractivity contribution in [1.82, 2.24) is 19.7 Å². The van der Waals surface area contributed by atoms with Crippen molar-refractivity contribution < 1.29 is 8.42 Å². The van der Waals surface area contributed by atoms with Crippen LogP contribution in [0.4, 0.5) is 0 Å². The first-order chi connectivity index (χ1) is 17.7. The summed E-state index contributed by atoms with van der Waals surface area (Å²) in [6.07, 6.45) is 1.22. The molecule has 37 heavy (non-hydrogen) atoms. The summed E-state index contributed by atoms with van der Waals surface area (Å²) in [6, 6.07) is 20.8. The van der Waals surface area contributed by atoms with Crippen molar-refractivity contribution in [2.45, 2.75) is 24.9 Å². The quantitative estimate of drug-likeness (QED) is 0.208. The van der Waals surface area contributed by atoms with Gasteiger partial charge < -0.3 is 0 Å². The molecule has 0 aliphatic carbocycles. The maximum absolute atomic E-state index is 12.1. The van der Waals surface area contributed by atoms with Gasteiger partial charge in [-0.05, 0) is 62.0 Å². The van der Waals surface area contributed by atoms with Crippen molar-refractivity contribution in [2.24, 2.45) is 0 Å². The number of aryl methyl sites for hydroxylation is 1. The number of aromatic nitrogens is 3. The highest BCUT2D eigenvalue weighted by Crippen LogP contribution is 2.37. The van der Waals surface area contributed by atoms with E-state index in [1.807, 2.05) is 54.1 Å². The Labute approximate surface area is 229 Å². The molecule has 0 amide bonds. The van der Waals surface area contributed by atoms with Crippen LogP contribution in [-0.4, -0.2) is 41.4 Å². The number of para-hydroxylation sites is 1. The predicted octanol–water partition coefficient (Wildman–Crippen LogP) is 6.72. The van der Waals surface area contributed by atoms with Crippen molar-refractivity contribution in [3.05, 3.63) is 93.5 Å². The molecule has 190 valence electrons. The van der Waals surface area contributed by atoms with E-state index < -0.39 is 9.84 Å². The minimum Gasteiger partial charge on any atom is -0.295 e. The molecule has 0 aliphatic heterocycles. The molecule has 0 saturated carbocycles. The second-order valence-corrected chi connectivity index (χ2v) is 13.4. The second kappa shape index (κ2) is 10.5. The number of rotatable bonds is 8. The van der Waals surface area contributed by atoms with E-state index >= 15 is 0 Å². The van der Waals surface area contributed by atoms with Gasteiger partial charge in [0.1, 0.15) is 0 Å². The van der Waals surface area contributed by atoms with E-state index in [1.54, 1.807) is 40.9 Å². The first-order valence-corrected chi connectivity index (χ1v) is 15.5. The number of hydrogen-bond acceptors (Lipinski definition) is 7. The highest BCUT2D eigenvalue weighted by atomic mass is 35.5. The molecule has 0 bridgehead atoms. The molecule has 0 radical (unpaired) electrons. The molecule has 3 aromatic heterocycles. The SMILES string of the molecule is Cc1nc(CN(C)Cc2cc(-c3ccc(-c4cccc(S(C)(=O)=O)c4)s3)n(-c3ccccc3Cl)n2)cs1. The molecular weight excluding hydrogens is 544 g/mol. The summed E-state index contributed by atoms with van der Waals surface area (Å²) in [5, 5.41) is 8.69. The number of halogens is 1. The molecule has 6 nitrogen and oxygen atoms in total. The van der Waals surface area contributed by atoms with Crippen molar-refractivity contribution >= 4 is 44.1 Å². The van der Waals surface area contributed by atoms with Crippen LogP contribution in [0.5, 0.6) is 0 Å². The Hall–Kier alpha value is -2.82. The zero-order valence-electron chi connectivity index (χ0n) is 20.6. The first kappa shape index (κ1) is 25.8. The Kier molecular flexibility index (Phi) is 7.33. The van der Waals surface area contributed by atoms with Crippen molar-refractivity contribution in [1.29, 1.82) is 0 Å². The van der Waals surface area contributed by atoms with Crippen LogP contribution >= 0.6 is 34.3 Å². The second-order valence-electron chi connectivity index (χ2n) is 8.88. The molecule has 5 rings (SSSR count). The summed E-state index contributed by atoms with van der Waals surface area (Å²) in [4.78, 5) is 9.06. The van der Waals surface area contributed by atoms with Crippen LogP contribution in [0.15, 0.2) is 77.0 Å². The van der Waals surface area contributed by atoms with Gasteiger partial charge in [-0.15, -0.1) is 22.7 Å². The Morgan fingerprint density at radius 3 is 2.46 bits per heavy atom. The van der Waals surface area contributed by atoms with Crippen LogP contribution in [0.3, 0.4) is 0 Å². The minimum atomic E-state index is -3.29. The van der Waals surface area contributed by atoms with Crippen molar-refractivity contribution in [2.75, 3.05) is 13.3 Å². The number of thiophene rings is 1. The monoisotopic (exact) mass is 568 g/mol. The number of nitrogens with zero attached hydrogens (tertiary/aromatic N) is 4. The number of sulfone groups is 1. The molecule has 10 heteroatoms. The van der Waals surface area contributed by atoms with Crippen LogP contribution in [-0.2, 0) is 22.9 Å². The third-order valence-corrected chi connectivity index (χ3v) is 9.19. The van der Waals surface area contributed by atoms with Crippen LogP contribution in [0.2, 0.25) is 5.02 Å². The van der Waals surface area contributed by atoms with Gasteiger partial charge in [-0.3, -0.25) is 4.90 Å². The summed E-state index contributed by atoms with van der Waals surface area (Å²) < 4.78 is 26.0. The Bertz CT molecular complexity index is 1670. The average Bonchev–Trinajstić information content (AvgIpc) is 3.59. The topological polar surface area (TPSA) is 68.1 Å². The summed E-state index contributed by atoms with van der Waals surface area (Å²) >= 11 is 9.82. The lowest BCUT2D eigenvalue weighted by molar-refractivity contribution is 0.311. The smallest absolute Gasteiger partial charge is 0.175 e. The molecule has 0 atom stereocenters. The highest BCUT2D eigenvalue weighted by molar-refractivity contribution is 7.90. The fourth-order valence-corrected chi connectivity index (χ4v) is 6.58. The molecule has 3 heterocycles. The number of thiazole rings is 1. The molecule has 0 saturated heterocycles. The van der Waals surface area contributed by atoms with Gasteiger partial charge in [-0.25, -0.2) is 18.1 Å². The summed E-state index contributed by atoms with van der Waals surface area (Å²) in [7, 11) is -1.23. The largest absolute Gasteiger partial charge is 0.295 e. The molecule has 0 fully saturated rings. The van der Waals surface area contributed by atoms with E-state index in [4.69, 9.17) is 16.7 Å². The summed E-state index contributed by atoms with van der Waals surface area (Å²) in [5.74, 6) is 0. The van der Waals surface area contributed by atoms with Gasteiger partial charge in [-0.1, -0.05) is 35.9 Å². The zero-order valence-corrected chi connectivity index (χ0v) is 23.8. The molecule has 0 unspecified atom stereocenters. The van der Waals surface area contributed by atoms with Crippen LogP contribution in [0.25, 0.3) is 26.7 Å². The molecule has 0 spiro atoms. The van der Waals surface area contributed by atoms with E-state index in [1.165, 1.54) is 6.26 Å². The fraction of sp³-hybridized carbons (Fsp3) is 0.185. The maximum Gasteiger partial charge on any atom is 0.175 e. The molecule has 5 aromatic rings. The van der Waals surface area contributed by atoms with E-state index in [-0.39, 0.29) is 0 Å². The van der Waals surface area contributed by atoms with E-state index in [2.05, 4.69) is 28.4 Å². The van der Waals surface area contributed by atoms with Crippen LogP contribution in [0.1, 0.15) is 16.4 Å². The van der Waals surface area contributed by atoms with E-state index in [0.717, 1.165) is 49.6 Å². The maximum atomic E-state index is 12.1. The predicted molar refractivity (Wildman–Crippen MR) is 152 cm³/mol. The van der Waals surface area contributed by atoms with Gasteiger partial charge in [0.05, 0.1) is 42.6 Å². The number of hydrogen-bond donors (Lipinski definition) is 0. The van der Waals surface area contributed by atoms with Crippen molar-refractivity contribution in [3.63, 3.8) is 0 Å².